The van der Waals surface area contributed by atoms with Crippen molar-refractivity contribution in [1.29, 1.82) is 0 Å². The minimum absolute atomic E-state index is 0. The molecule has 0 spiro atoms. The first kappa shape index (κ1) is 285. The van der Waals surface area contributed by atoms with E-state index in [4.69, 9.17) is 15.0 Å². The summed E-state index contributed by atoms with van der Waals surface area (Å²) >= 11 is 0. The minimum Gasteiger partial charge on any atom is -0.450 e. The minimum atomic E-state index is -1.83. The second-order valence-corrected chi connectivity index (χ2v) is 0.283. The van der Waals surface area contributed by atoms with Gasteiger partial charge in [0.05, 0.1) is 0 Å². The number of carbonyl (C=O) groups is 1. The quantitative estimate of drug-likeness (QED) is 0.390. The fourth-order valence-electron chi connectivity index (χ4n) is 0. The molecule has 11 heteroatoms. The average molecular weight is 206 g/mol. The van der Waals surface area contributed by atoms with Crippen LogP contribution in [0.4, 0.5) is 4.79 Å². The van der Waals surface area contributed by atoms with Gasteiger partial charge in [-0.1, -0.05) is 0 Å². The summed E-state index contributed by atoms with van der Waals surface area (Å²) in [6.45, 7) is 0. The van der Waals surface area contributed by atoms with Gasteiger partial charge in [0.15, 0.2) is 0 Å². The molecule has 0 aromatic rings. The lowest BCUT2D eigenvalue weighted by molar-refractivity contribution is 0.137. The Kier molecular flexibility index (Phi) is 4980. The molecule has 0 radical (unpaired) electrons. The van der Waals surface area contributed by atoms with Gasteiger partial charge in [0.25, 0.3) is 0 Å². The third kappa shape index (κ3) is 513. The van der Waals surface area contributed by atoms with Crippen LogP contribution in [0.2, 0.25) is 0 Å². The van der Waals surface area contributed by atoms with Crippen LogP contribution >= 0.6 is 0 Å². The van der Waals surface area contributed by atoms with Gasteiger partial charge in [0.2, 0.25) is 0 Å². The summed E-state index contributed by atoms with van der Waals surface area (Å²) in [6, 6.07) is 0. The summed E-state index contributed by atoms with van der Waals surface area (Å²) in [5, 5.41) is 13.9. The van der Waals surface area contributed by atoms with Gasteiger partial charge >= 0.3 is 6.16 Å². The van der Waals surface area contributed by atoms with Crippen LogP contribution in [0.15, 0.2) is 0 Å². The first-order chi connectivity index (χ1) is 1.73. The summed E-state index contributed by atoms with van der Waals surface area (Å²) < 4.78 is 0. The number of hydrogen-bond acceptors (Lipinski definition) is 1. The largest absolute Gasteiger partial charge is 0.503 e. The van der Waals surface area contributed by atoms with Gasteiger partial charge in [-0.25, -0.2) is 4.79 Å². The molecule has 0 unspecified atom stereocenters. The molecule has 12 heavy (non-hydrogen) atoms. The Morgan fingerprint density at radius 2 is 0.583 bits per heavy atom. The second kappa shape index (κ2) is 210. The highest BCUT2D eigenvalue weighted by atomic mass is 16.6. The highest BCUT2D eigenvalue weighted by Gasteiger charge is 1.70. The molecular weight excluding hydrogens is 188 g/mol. The zero-order chi connectivity index (χ0) is 3.58. The van der Waals surface area contributed by atoms with Crippen molar-refractivity contribution in [2.45, 2.75) is 0 Å². The number of rotatable bonds is 0. The highest BCUT2D eigenvalue weighted by molar-refractivity contribution is 5.53. The van der Waals surface area contributed by atoms with Crippen LogP contribution in [-0.4, -0.2) is 60.2 Å². The summed E-state index contributed by atoms with van der Waals surface area (Å²) in [5.74, 6) is 0. The maximum absolute atomic E-state index is 8.56. The van der Waals surface area contributed by atoms with E-state index >= 15 is 0 Å². The van der Waals surface area contributed by atoms with E-state index in [2.05, 4.69) is 0 Å². The van der Waals surface area contributed by atoms with Crippen molar-refractivity contribution in [2.24, 2.45) is 0 Å². The van der Waals surface area contributed by atoms with Gasteiger partial charge in [0.1, 0.15) is 0 Å². The topological polar surface area (TPSA) is 310 Å². The Balaban J connectivity index is -0.00000000161. The molecular formula is CH18O11. The van der Waals surface area contributed by atoms with Crippen LogP contribution in [0, 0.1) is 0 Å². The van der Waals surface area contributed by atoms with Crippen molar-refractivity contribution < 1.29 is 58.8 Å². The molecule has 0 aliphatic rings. The lowest BCUT2D eigenvalue weighted by atomic mass is 11.5. The lowest BCUT2D eigenvalue weighted by Crippen LogP contribution is -1.81. The Hall–Kier alpha value is -1.05. The van der Waals surface area contributed by atoms with E-state index < -0.39 is 6.16 Å². The second-order valence-electron chi connectivity index (χ2n) is 0.283. The highest BCUT2D eigenvalue weighted by Crippen LogP contribution is 1.42. The summed E-state index contributed by atoms with van der Waals surface area (Å²) in [6.07, 6.45) is -1.83. The molecule has 0 aromatic carbocycles. The van der Waals surface area contributed by atoms with E-state index in [1.54, 1.807) is 0 Å². The van der Waals surface area contributed by atoms with Crippen LogP contribution in [0.25, 0.3) is 0 Å². The maximum Gasteiger partial charge on any atom is 0.503 e. The molecule has 0 atom stereocenters. The third-order valence-corrected chi connectivity index (χ3v) is 0. The summed E-state index contributed by atoms with van der Waals surface area (Å²) in [4.78, 5) is 8.56. The molecule has 0 saturated carbocycles. The van der Waals surface area contributed by atoms with Crippen molar-refractivity contribution in [3.8, 4) is 0 Å². The van der Waals surface area contributed by atoms with E-state index in [-0.39, 0.29) is 43.8 Å². The molecule has 0 bridgehead atoms. The molecule has 88 valence electrons. The van der Waals surface area contributed by atoms with E-state index in [0.29, 0.717) is 0 Å². The summed E-state index contributed by atoms with van der Waals surface area (Å²) in [7, 11) is 0. The van der Waals surface area contributed by atoms with E-state index in [0.717, 1.165) is 0 Å². The Labute approximate surface area is 66.3 Å². The molecule has 0 aliphatic carbocycles. The molecule has 0 fully saturated rings. The van der Waals surface area contributed by atoms with Gasteiger partial charge in [0, 0.05) is 0 Å². The van der Waals surface area contributed by atoms with Crippen molar-refractivity contribution in [1.82, 2.24) is 0 Å². The molecule has 0 saturated heterocycles. The number of hydrogen-bond donors (Lipinski definition) is 2. The Morgan fingerprint density at radius 1 is 0.583 bits per heavy atom. The fourth-order valence-corrected chi connectivity index (χ4v) is 0. The smallest absolute Gasteiger partial charge is 0.450 e. The average Bonchev–Trinajstić information content (AvgIpc) is 0.811. The van der Waals surface area contributed by atoms with Crippen molar-refractivity contribution in [3.63, 3.8) is 0 Å². The molecule has 0 aliphatic heterocycles. The molecule has 11 nitrogen and oxygen atoms in total. The standard InChI is InChI=1S/CH2O3.8H2O/c2-1(3)4;;;;;;;;/h(H2,2,3,4);8*1H2. The van der Waals surface area contributed by atoms with E-state index in [1.807, 2.05) is 0 Å². The monoisotopic (exact) mass is 206 g/mol. The maximum atomic E-state index is 8.56. The predicted octanol–water partition coefficient (Wildman–Crippen LogP) is -6.38. The van der Waals surface area contributed by atoms with Crippen LogP contribution in [0.1, 0.15) is 0 Å². The van der Waals surface area contributed by atoms with Crippen LogP contribution in [0.5, 0.6) is 0 Å². The molecule has 0 heterocycles. The summed E-state index contributed by atoms with van der Waals surface area (Å²) in [5.41, 5.74) is 0. The third-order valence-electron chi connectivity index (χ3n) is 0. The van der Waals surface area contributed by atoms with Crippen LogP contribution in [0.3, 0.4) is 0 Å². The van der Waals surface area contributed by atoms with Crippen molar-refractivity contribution in [3.05, 3.63) is 0 Å². The zero-order valence-electron chi connectivity index (χ0n) is 5.80. The first-order valence-electron chi connectivity index (χ1n) is 0.651. The van der Waals surface area contributed by atoms with Gasteiger partial charge in [-0.2, -0.15) is 0 Å². The Morgan fingerprint density at radius 3 is 0.583 bits per heavy atom. The van der Waals surface area contributed by atoms with Crippen LogP contribution < -0.4 is 0 Å². The van der Waals surface area contributed by atoms with Crippen molar-refractivity contribution in [2.75, 3.05) is 0 Å². The van der Waals surface area contributed by atoms with E-state index in [1.165, 1.54) is 0 Å². The van der Waals surface area contributed by atoms with Gasteiger partial charge in [-0.3, -0.25) is 0 Å². The van der Waals surface area contributed by atoms with Gasteiger partial charge in [-0.15, -0.1) is 0 Å². The molecule has 18 N–H and O–H groups in total. The zero-order valence-corrected chi connectivity index (χ0v) is 5.80. The number of carboxylic acid groups (broad SMARTS) is 2. The van der Waals surface area contributed by atoms with E-state index in [9.17, 15) is 0 Å². The van der Waals surface area contributed by atoms with Crippen LogP contribution in [-0.2, 0) is 0 Å². The van der Waals surface area contributed by atoms with Crippen molar-refractivity contribution >= 4 is 6.16 Å². The first-order valence-corrected chi connectivity index (χ1v) is 0.651. The lowest BCUT2D eigenvalue weighted by Gasteiger charge is -1.60. The Bertz CT molecular complexity index is 28.0. The molecule has 0 aromatic heterocycles. The van der Waals surface area contributed by atoms with Gasteiger partial charge < -0.3 is 54.0 Å². The molecule has 0 rings (SSSR count). The SMILES string of the molecule is O.O.O.O.O.O.O.O.O=C(O)O. The predicted molar refractivity (Wildman–Crippen MR) is 39.6 cm³/mol. The normalized spacial score (nSPS) is 2.00. The fraction of sp³-hybridized carbons (Fsp3) is 0. The van der Waals surface area contributed by atoms with Gasteiger partial charge in [-0.05, 0) is 0 Å². The molecule has 0 amide bonds.